The number of carbonyl (C=O) groups excluding carboxylic acids is 2. The highest BCUT2D eigenvalue weighted by molar-refractivity contribution is 5.86. The molecule has 0 spiro atoms. The zero-order valence-electron chi connectivity index (χ0n) is 14.4. The summed E-state index contributed by atoms with van der Waals surface area (Å²) in [4.78, 5) is 23.7. The highest BCUT2D eigenvalue weighted by Gasteiger charge is 2.19. The van der Waals surface area contributed by atoms with Gasteiger partial charge in [0.05, 0.1) is 13.2 Å². The Bertz CT molecular complexity index is 659. The van der Waals surface area contributed by atoms with Crippen LogP contribution in [-0.2, 0) is 27.3 Å². The number of ether oxygens (including phenoxy) is 1. The molecule has 0 aliphatic heterocycles. The van der Waals surface area contributed by atoms with Gasteiger partial charge in [-0.1, -0.05) is 60.7 Å². The van der Waals surface area contributed by atoms with Gasteiger partial charge in [-0.05, 0) is 17.5 Å². The van der Waals surface area contributed by atoms with E-state index in [2.05, 4.69) is 10.6 Å². The molecule has 0 fully saturated rings. The molecule has 0 bridgehead atoms. The molecule has 2 aromatic carbocycles. The van der Waals surface area contributed by atoms with Gasteiger partial charge >= 0.3 is 0 Å². The first kappa shape index (κ1) is 18.7. The molecule has 1 atom stereocenters. The third kappa shape index (κ3) is 7.18. The number of carbonyl (C=O) groups is 2. The van der Waals surface area contributed by atoms with E-state index in [0.29, 0.717) is 13.2 Å². The van der Waals surface area contributed by atoms with E-state index < -0.39 is 6.04 Å². The van der Waals surface area contributed by atoms with Crippen LogP contribution in [-0.4, -0.2) is 31.1 Å². The van der Waals surface area contributed by atoms with Gasteiger partial charge in [-0.3, -0.25) is 9.59 Å². The number of hydrogen-bond donors (Lipinski definition) is 2. The summed E-state index contributed by atoms with van der Waals surface area (Å²) >= 11 is 0. The Balaban J connectivity index is 1.78. The van der Waals surface area contributed by atoms with Crippen molar-refractivity contribution in [2.75, 3.05) is 13.2 Å². The van der Waals surface area contributed by atoms with E-state index >= 15 is 0 Å². The first-order valence-corrected chi connectivity index (χ1v) is 8.35. The van der Waals surface area contributed by atoms with Crippen molar-refractivity contribution in [3.63, 3.8) is 0 Å². The molecule has 25 heavy (non-hydrogen) atoms. The Labute approximate surface area is 148 Å². The Morgan fingerprint density at radius 1 is 0.960 bits per heavy atom. The fourth-order valence-corrected chi connectivity index (χ4v) is 2.37. The molecule has 2 amide bonds. The van der Waals surface area contributed by atoms with Crippen LogP contribution in [0.5, 0.6) is 0 Å². The lowest BCUT2D eigenvalue weighted by molar-refractivity contribution is -0.129. The molecular weight excluding hydrogens is 316 g/mol. The Morgan fingerprint density at radius 2 is 1.56 bits per heavy atom. The molecule has 0 unspecified atom stereocenters. The predicted molar refractivity (Wildman–Crippen MR) is 96.9 cm³/mol. The van der Waals surface area contributed by atoms with Gasteiger partial charge in [0.1, 0.15) is 6.04 Å². The topological polar surface area (TPSA) is 67.4 Å². The molecule has 2 N–H and O–H groups in total. The zero-order valence-corrected chi connectivity index (χ0v) is 14.4. The molecule has 0 aliphatic rings. The number of rotatable bonds is 9. The van der Waals surface area contributed by atoms with Crippen LogP contribution in [0, 0.1) is 0 Å². The number of benzene rings is 2. The van der Waals surface area contributed by atoms with E-state index in [9.17, 15) is 9.59 Å². The van der Waals surface area contributed by atoms with Gasteiger partial charge < -0.3 is 15.4 Å². The standard InChI is InChI=1S/C20H24N2O3/c1-16(23)22-19(15-25-13-12-17-8-4-2-5-9-17)20(24)21-14-18-10-6-3-7-11-18/h2-11,19H,12-15H2,1H3,(H,21,24)(H,22,23)/t19-/m1/s1. The number of nitrogens with one attached hydrogen (secondary N) is 2. The van der Waals surface area contributed by atoms with Crippen LogP contribution in [0.3, 0.4) is 0 Å². The molecule has 2 rings (SSSR count). The number of amides is 2. The number of hydrogen-bond acceptors (Lipinski definition) is 3. The second-order valence-corrected chi connectivity index (χ2v) is 5.77. The fraction of sp³-hybridized carbons (Fsp3) is 0.300. The predicted octanol–water partition coefficient (Wildman–Crippen LogP) is 2.07. The van der Waals surface area contributed by atoms with Crippen LogP contribution in [0.25, 0.3) is 0 Å². The average Bonchev–Trinajstić information content (AvgIpc) is 2.63. The highest BCUT2D eigenvalue weighted by Crippen LogP contribution is 2.01. The maximum atomic E-state index is 12.3. The van der Waals surface area contributed by atoms with E-state index in [4.69, 9.17) is 4.74 Å². The van der Waals surface area contributed by atoms with Crippen molar-refractivity contribution < 1.29 is 14.3 Å². The van der Waals surface area contributed by atoms with Gasteiger partial charge in [-0.15, -0.1) is 0 Å². The van der Waals surface area contributed by atoms with Crippen LogP contribution in [0.1, 0.15) is 18.1 Å². The minimum atomic E-state index is -0.697. The van der Waals surface area contributed by atoms with Crippen molar-refractivity contribution >= 4 is 11.8 Å². The van der Waals surface area contributed by atoms with Crippen molar-refractivity contribution in [3.05, 3.63) is 71.8 Å². The molecule has 0 radical (unpaired) electrons. The fourth-order valence-electron chi connectivity index (χ4n) is 2.37. The van der Waals surface area contributed by atoms with Crippen LogP contribution >= 0.6 is 0 Å². The minimum absolute atomic E-state index is 0.146. The van der Waals surface area contributed by atoms with Gasteiger partial charge in [0.2, 0.25) is 11.8 Å². The monoisotopic (exact) mass is 340 g/mol. The quantitative estimate of drug-likeness (QED) is 0.687. The molecule has 0 aliphatic carbocycles. The highest BCUT2D eigenvalue weighted by atomic mass is 16.5. The van der Waals surface area contributed by atoms with Crippen molar-refractivity contribution in [3.8, 4) is 0 Å². The second kappa shape index (κ2) is 10.3. The van der Waals surface area contributed by atoms with E-state index in [1.165, 1.54) is 12.5 Å². The Kier molecular flexibility index (Phi) is 7.66. The Hall–Kier alpha value is -2.66. The van der Waals surface area contributed by atoms with E-state index in [-0.39, 0.29) is 18.4 Å². The molecular formula is C20H24N2O3. The summed E-state index contributed by atoms with van der Waals surface area (Å²) in [7, 11) is 0. The van der Waals surface area contributed by atoms with Crippen LogP contribution in [0.4, 0.5) is 0 Å². The van der Waals surface area contributed by atoms with E-state index in [1.54, 1.807) is 0 Å². The average molecular weight is 340 g/mol. The molecule has 2 aromatic rings. The lowest BCUT2D eigenvalue weighted by Gasteiger charge is -2.18. The van der Waals surface area contributed by atoms with E-state index in [0.717, 1.165) is 12.0 Å². The van der Waals surface area contributed by atoms with Gasteiger partial charge in [-0.25, -0.2) is 0 Å². The van der Waals surface area contributed by atoms with Gasteiger partial charge in [-0.2, -0.15) is 0 Å². The molecule has 5 heteroatoms. The molecule has 0 saturated carbocycles. The summed E-state index contributed by atoms with van der Waals surface area (Å²) in [6.45, 7) is 2.44. The summed E-state index contributed by atoms with van der Waals surface area (Å²) in [6.07, 6.45) is 0.763. The van der Waals surface area contributed by atoms with Crippen LogP contribution in [0.2, 0.25) is 0 Å². The van der Waals surface area contributed by atoms with Gasteiger partial charge in [0, 0.05) is 13.5 Å². The normalized spacial score (nSPS) is 11.6. The lowest BCUT2D eigenvalue weighted by Crippen LogP contribution is -2.48. The lowest BCUT2D eigenvalue weighted by atomic mass is 10.2. The molecule has 0 heterocycles. The summed E-state index contributed by atoms with van der Waals surface area (Å²) in [5, 5.41) is 5.47. The van der Waals surface area contributed by atoms with Gasteiger partial charge in [0.15, 0.2) is 0 Å². The van der Waals surface area contributed by atoms with Crippen LogP contribution < -0.4 is 10.6 Å². The zero-order chi connectivity index (χ0) is 17.9. The van der Waals surface area contributed by atoms with Crippen LogP contribution in [0.15, 0.2) is 60.7 Å². The van der Waals surface area contributed by atoms with Crippen molar-refractivity contribution in [1.29, 1.82) is 0 Å². The second-order valence-electron chi connectivity index (χ2n) is 5.77. The maximum Gasteiger partial charge on any atom is 0.245 e. The third-order valence-electron chi connectivity index (χ3n) is 3.67. The van der Waals surface area contributed by atoms with Crippen molar-refractivity contribution in [2.24, 2.45) is 0 Å². The maximum absolute atomic E-state index is 12.3. The molecule has 132 valence electrons. The molecule has 0 saturated heterocycles. The Morgan fingerprint density at radius 3 is 2.16 bits per heavy atom. The summed E-state index contributed by atoms with van der Waals surface area (Å²) in [6, 6.07) is 18.9. The summed E-state index contributed by atoms with van der Waals surface area (Å²) in [5.41, 5.74) is 2.18. The first-order valence-electron chi connectivity index (χ1n) is 8.35. The van der Waals surface area contributed by atoms with Crippen molar-refractivity contribution in [1.82, 2.24) is 10.6 Å². The minimum Gasteiger partial charge on any atom is -0.378 e. The smallest absolute Gasteiger partial charge is 0.245 e. The molecule has 5 nitrogen and oxygen atoms in total. The summed E-state index contributed by atoms with van der Waals surface area (Å²) < 4.78 is 5.60. The van der Waals surface area contributed by atoms with E-state index in [1.807, 2.05) is 60.7 Å². The molecule has 0 aromatic heterocycles. The SMILES string of the molecule is CC(=O)N[C@H](COCCc1ccccc1)C(=O)NCc1ccccc1. The summed E-state index contributed by atoms with van der Waals surface area (Å²) in [5.74, 6) is -0.509. The first-order chi connectivity index (χ1) is 12.1. The van der Waals surface area contributed by atoms with Gasteiger partial charge in [0.25, 0.3) is 0 Å². The largest absolute Gasteiger partial charge is 0.378 e. The van der Waals surface area contributed by atoms with Crippen molar-refractivity contribution in [2.45, 2.75) is 25.9 Å². The third-order valence-corrected chi connectivity index (χ3v) is 3.67.